The molecule has 0 aliphatic rings. The van der Waals surface area contributed by atoms with Crippen molar-refractivity contribution in [1.82, 2.24) is 5.32 Å². The SMILES string of the molecule is COCC(=O)NCCCCCC(C)=O. The molecule has 0 fully saturated rings. The summed E-state index contributed by atoms with van der Waals surface area (Å²) in [6.45, 7) is 2.38. The highest BCUT2D eigenvalue weighted by molar-refractivity contribution is 5.77. The zero-order valence-corrected chi connectivity index (χ0v) is 8.97. The Morgan fingerprint density at radius 3 is 2.50 bits per heavy atom. The average molecular weight is 201 g/mol. The maximum atomic E-state index is 10.9. The number of carbonyl (C=O) groups is 2. The standard InChI is InChI=1S/C10H19NO3/c1-9(12)6-4-3-5-7-11-10(13)8-14-2/h3-8H2,1-2H3,(H,11,13). The van der Waals surface area contributed by atoms with Crippen LogP contribution in [0.4, 0.5) is 0 Å². The Bertz CT molecular complexity index is 180. The van der Waals surface area contributed by atoms with Crippen LogP contribution in [0, 0.1) is 0 Å². The molecule has 1 N–H and O–H groups in total. The highest BCUT2D eigenvalue weighted by Crippen LogP contribution is 1.99. The van der Waals surface area contributed by atoms with Gasteiger partial charge in [-0.2, -0.15) is 0 Å². The molecule has 0 aromatic rings. The number of nitrogens with one attached hydrogen (secondary N) is 1. The van der Waals surface area contributed by atoms with E-state index in [1.54, 1.807) is 6.92 Å². The van der Waals surface area contributed by atoms with Crippen molar-refractivity contribution in [2.24, 2.45) is 0 Å². The molecule has 0 aliphatic heterocycles. The molecule has 1 amide bonds. The molecule has 0 spiro atoms. The van der Waals surface area contributed by atoms with Gasteiger partial charge in [-0.1, -0.05) is 6.42 Å². The first kappa shape index (κ1) is 13.1. The summed E-state index contributed by atoms with van der Waals surface area (Å²) >= 11 is 0. The maximum absolute atomic E-state index is 10.9. The fourth-order valence-electron chi connectivity index (χ4n) is 1.09. The van der Waals surface area contributed by atoms with Gasteiger partial charge in [0.05, 0.1) is 0 Å². The third-order valence-corrected chi connectivity index (χ3v) is 1.80. The number of methoxy groups -OCH3 is 1. The molecule has 4 heteroatoms. The quantitative estimate of drug-likeness (QED) is 0.593. The third-order valence-electron chi connectivity index (χ3n) is 1.80. The molecule has 0 saturated heterocycles. The minimum Gasteiger partial charge on any atom is -0.375 e. The van der Waals surface area contributed by atoms with E-state index in [9.17, 15) is 9.59 Å². The normalized spacial score (nSPS) is 9.86. The van der Waals surface area contributed by atoms with Crippen LogP contribution in [0.3, 0.4) is 0 Å². The lowest BCUT2D eigenvalue weighted by molar-refractivity contribution is -0.124. The van der Waals surface area contributed by atoms with Gasteiger partial charge in [-0.25, -0.2) is 0 Å². The van der Waals surface area contributed by atoms with E-state index in [4.69, 9.17) is 0 Å². The summed E-state index contributed by atoms with van der Waals surface area (Å²) in [6.07, 6.45) is 3.46. The van der Waals surface area contributed by atoms with Crippen LogP contribution in [0.1, 0.15) is 32.6 Å². The first-order chi connectivity index (χ1) is 6.66. The van der Waals surface area contributed by atoms with Gasteiger partial charge >= 0.3 is 0 Å². The molecule has 0 bridgehead atoms. The van der Waals surface area contributed by atoms with Crippen LogP contribution in [-0.4, -0.2) is 32.0 Å². The van der Waals surface area contributed by atoms with E-state index >= 15 is 0 Å². The molecule has 0 aromatic heterocycles. The summed E-state index contributed by atoms with van der Waals surface area (Å²) < 4.78 is 4.66. The number of Topliss-reactive ketones (excluding diaryl/α,β-unsaturated/α-hetero) is 1. The molecule has 0 atom stereocenters. The van der Waals surface area contributed by atoms with Gasteiger partial charge in [-0.3, -0.25) is 4.79 Å². The Morgan fingerprint density at radius 1 is 1.21 bits per heavy atom. The van der Waals surface area contributed by atoms with E-state index in [2.05, 4.69) is 10.1 Å². The van der Waals surface area contributed by atoms with E-state index in [0.29, 0.717) is 13.0 Å². The van der Waals surface area contributed by atoms with Gasteiger partial charge in [0.15, 0.2) is 0 Å². The largest absolute Gasteiger partial charge is 0.375 e. The van der Waals surface area contributed by atoms with Crippen molar-refractivity contribution < 1.29 is 14.3 Å². The number of hydrogen-bond donors (Lipinski definition) is 1. The molecule has 0 saturated carbocycles. The fourth-order valence-corrected chi connectivity index (χ4v) is 1.09. The molecular weight excluding hydrogens is 182 g/mol. The molecule has 0 rings (SSSR count). The molecule has 0 radical (unpaired) electrons. The van der Waals surface area contributed by atoms with Crippen LogP contribution >= 0.6 is 0 Å². The summed E-state index contributed by atoms with van der Waals surface area (Å²) in [5.41, 5.74) is 0. The lowest BCUT2D eigenvalue weighted by Gasteiger charge is -2.03. The molecule has 0 aliphatic carbocycles. The molecule has 4 nitrogen and oxygen atoms in total. The number of ether oxygens (including phenoxy) is 1. The van der Waals surface area contributed by atoms with Gasteiger partial charge in [0.2, 0.25) is 5.91 Å². The Kier molecular flexibility index (Phi) is 8.13. The van der Waals surface area contributed by atoms with Crippen molar-refractivity contribution in [2.45, 2.75) is 32.6 Å². The molecule has 0 heterocycles. The predicted molar refractivity (Wildman–Crippen MR) is 54.0 cm³/mol. The van der Waals surface area contributed by atoms with Crippen molar-refractivity contribution in [3.05, 3.63) is 0 Å². The summed E-state index contributed by atoms with van der Waals surface area (Å²) in [5, 5.41) is 2.72. The van der Waals surface area contributed by atoms with Crippen molar-refractivity contribution in [3.63, 3.8) is 0 Å². The monoisotopic (exact) mass is 201 g/mol. The minimum absolute atomic E-state index is 0.0842. The fraction of sp³-hybridized carbons (Fsp3) is 0.800. The van der Waals surface area contributed by atoms with Crippen LogP contribution in [0.15, 0.2) is 0 Å². The number of hydrogen-bond acceptors (Lipinski definition) is 3. The zero-order valence-electron chi connectivity index (χ0n) is 8.97. The second-order valence-electron chi connectivity index (χ2n) is 3.30. The van der Waals surface area contributed by atoms with E-state index in [-0.39, 0.29) is 18.3 Å². The van der Waals surface area contributed by atoms with E-state index in [1.807, 2.05) is 0 Å². The van der Waals surface area contributed by atoms with Crippen molar-refractivity contribution >= 4 is 11.7 Å². The van der Waals surface area contributed by atoms with Gasteiger partial charge in [0, 0.05) is 20.1 Å². The highest BCUT2D eigenvalue weighted by atomic mass is 16.5. The maximum Gasteiger partial charge on any atom is 0.245 e. The highest BCUT2D eigenvalue weighted by Gasteiger charge is 1.98. The van der Waals surface area contributed by atoms with Crippen LogP contribution in [0.5, 0.6) is 0 Å². The Morgan fingerprint density at radius 2 is 1.93 bits per heavy atom. The topological polar surface area (TPSA) is 55.4 Å². The minimum atomic E-state index is -0.0842. The Balaban J connectivity index is 3.13. The first-order valence-corrected chi connectivity index (χ1v) is 4.92. The average Bonchev–Trinajstić information content (AvgIpc) is 2.11. The first-order valence-electron chi connectivity index (χ1n) is 4.92. The second kappa shape index (κ2) is 8.69. The number of amides is 1. The smallest absolute Gasteiger partial charge is 0.245 e. The summed E-state index contributed by atoms with van der Waals surface area (Å²) in [5.74, 6) is 0.146. The molecule has 0 unspecified atom stereocenters. The predicted octanol–water partition coefficient (Wildman–Crippen LogP) is 0.898. The van der Waals surface area contributed by atoms with Crippen LogP contribution in [0.25, 0.3) is 0 Å². The number of carbonyl (C=O) groups excluding carboxylic acids is 2. The van der Waals surface area contributed by atoms with E-state index < -0.39 is 0 Å². The van der Waals surface area contributed by atoms with Gasteiger partial charge in [0.1, 0.15) is 12.4 Å². The number of unbranched alkanes of at least 4 members (excludes halogenated alkanes) is 2. The lowest BCUT2D eigenvalue weighted by atomic mass is 10.1. The molecule has 82 valence electrons. The van der Waals surface area contributed by atoms with Gasteiger partial charge < -0.3 is 14.8 Å². The van der Waals surface area contributed by atoms with Gasteiger partial charge in [-0.05, 0) is 19.8 Å². The summed E-state index contributed by atoms with van der Waals surface area (Å²) in [7, 11) is 1.49. The van der Waals surface area contributed by atoms with Crippen molar-refractivity contribution in [2.75, 3.05) is 20.3 Å². The molecule has 0 aromatic carbocycles. The van der Waals surface area contributed by atoms with Crippen molar-refractivity contribution in [1.29, 1.82) is 0 Å². The van der Waals surface area contributed by atoms with Crippen LogP contribution < -0.4 is 5.32 Å². The van der Waals surface area contributed by atoms with Crippen LogP contribution in [0.2, 0.25) is 0 Å². The van der Waals surface area contributed by atoms with E-state index in [0.717, 1.165) is 19.3 Å². The lowest BCUT2D eigenvalue weighted by Crippen LogP contribution is -2.27. The van der Waals surface area contributed by atoms with Crippen molar-refractivity contribution in [3.8, 4) is 0 Å². The number of ketones is 1. The molecule has 14 heavy (non-hydrogen) atoms. The summed E-state index contributed by atoms with van der Waals surface area (Å²) in [6, 6.07) is 0. The molecular formula is C10H19NO3. The van der Waals surface area contributed by atoms with Gasteiger partial charge in [0.25, 0.3) is 0 Å². The summed E-state index contributed by atoms with van der Waals surface area (Å²) in [4.78, 5) is 21.5. The van der Waals surface area contributed by atoms with Crippen LogP contribution in [-0.2, 0) is 14.3 Å². The van der Waals surface area contributed by atoms with Gasteiger partial charge in [-0.15, -0.1) is 0 Å². The zero-order chi connectivity index (χ0) is 10.8. The third kappa shape index (κ3) is 9.19. The number of rotatable bonds is 8. The van der Waals surface area contributed by atoms with E-state index in [1.165, 1.54) is 7.11 Å². The Labute approximate surface area is 85.0 Å². The second-order valence-corrected chi connectivity index (χ2v) is 3.30. The Hall–Kier alpha value is -0.900.